The smallest absolute Gasteiger partial charge is 0.314 e. The molecule has 0 radical (unpaired) electrons. The van der Waals surface area contributed by atoms with Gasteiger partial charge in [0.2, 0.25) is 0 Å². The van der Waals surface area contributed by atoms with Gasteiger partial charge in [0.05, 0.1) is 17.9 Å². The summed E-state index contributed by atoms with van der Waals surface area (Å²) in [5.41, 5.74) is 1.03. The van der Waals surface area contributed by atoms with E-state index in [-0.39, 0.29) is 0 Å². The molecular weight excluding hydrogens is 296 g/mol. The van der Waals surface area contributed by atoms with E-state index in [1.54, 1.807) is 7.11 Å². The van der Waals surface area contributed by atoms with Crippen molar-refractivity contribution in [3.63, 3.8) is 0 Å². The van der Waals surface area contributed by atoms with E-state index in [9.17, 15) is 9.90 Å². The molecule has 23 heavy (non-hydrogen) atoms. The second-order valence-corrected chi connectivity index (χ2v) is 6.35. The number of aliphatic carboxylic acids is 1. The Hall–Kier alpha value is -2.43. The van der Waals surface area contributed by atoms with Crippen LogP contribution >= 0.6 is 0 Å². The van der Waals surface area contributed by atoms with E-state index in [1.165, 1.54) is 0 Å². The van der Waals surface area contributed by atoms with Crippen molar-refractivity contribution in [1.82, 2.24) is 0 Å². The molecule has 5 heteroatoms. The maximum atomic E-state index is 12.1. The Morgan fingerprint density at radius 1 is 1.13 bits per heavy atom. The highest BCUT2D eigenvalue weighted by Crippen LogP contribution is 2.52. The van der Waals surface area contributed by atoms with Gasteiger partial charge < -0.3 is 18.7 Å². The number of furan rings is 2. The van der Waals surface area contributed by atoms with Crippen LogP contribution in [-0.2, 0) is 10.2 Å². The molecule has 2 aromatic heterocycles. The number of ether oxygens (including phenoxy) is 1. The summed E-state index contributed by atoms with van der Waals surface area (Å²) < 4.78 is 17.3. The number of carbonyl (C=O) groups is 1. The van der Waals surface area contributed by atoms with Gasteiger partial charge in [-0.1, -0.05) is 6.42 Å². The lowest BCUT2D eigenvalue weighted by molar-refractivity contribution is -0.147. The molecule has 1 aromatic carbocycles. The summed E-state index contributed by atoms with van der Waals surface area (Å²) in [6, 6.07) is 3.76. The molecule has 1 aliphatic carbocycles. The fourth-order valence-electron chi connectivity index (χ4n) is 3.76. The monoisotopic (exact) mass is 314 g/mol. The van der Waals surface area contributed by atoms with Crippen molar-refractivity contribution in [3.05, 3.63) is 29.2 Å². The van der Waals surface area contributed by atoms with Gasteiger partial charge in [-0.2, -0.15) is 0 Å². The highest BCUT2D eigenvalue weighted by atomic mass is 16.5. The van der Waals surface area contributed by atoms with Crippen molar-refractivity contribution < 1.29 is 23.5 Å². The summed E-state index contributed by atoms with van der Waals surface area (Å²) in [7, 11) is 1.59. The Labute approximate surface area is 132 Å². The fourth-order valence-corrected chi connectivity index (χ4v) is 3.76. The standard InChI is InChI=1S/C18H18O5/c1-9-7-11-13(18(17(19)20)5-4-6-18)14-12(8-10(2)22-14)15(21-3)16(11)23-9/h7-8H,4-6H2,1-3H3,(H,19,20). The zero-order chi connectivity index (χ0) is 16.4. The topological polar surface area (TPSA) is 72.8 Å². The number of fused-ring (bicyclic) bond motifs is 2. The van der Waals surface area contributed by atoms with Crippen LogP contribution in [-0.4, -0.2) is 18.2 Å². The van der Waals surface area contributed by atoms with Crippen LogP contribution in [0.2, 0.25) is 0 Å². The van der Waals surface area contributed by atoms with E-state index in [1.807, 2.05) is 26.0 Å². The second-order valence-electron chi connectivity index (χ2n) is 6.35. The third-order valence-electron chi connectivity index (χ3n) is 4.96. The van der Waals surface area contributed by atoms with Gasteiger partial charge in [0.25, 0.3) is 0 Å². The quantitative estimate of drug-likeness (QED) is 0.779. The zero-order valence-corrected chi connectivity index (χ0v) is 13.4. The Morgan fingerprint density at radius 2 is 1.74 bits per heavy atom. The molecule has 0 atom stereocenters. The number of carboxylic acid groups (broad SMARTS) is 1. The molecule has 0 bridgehead atoms. The molecule has 0 amide bonds. The first-order valence-electron chi connectivity index (χ1n) is 7.72. The Kier molecular flexibility index (Phi) is 2.80. The second kappa shape index (κ2) is 4.54. The van der Waals surface area contributed by atoms with E-state index in [0.717, 1.165) is 34.3 Å². The van der Waals surface area contributed by atoms with Crippen LogP contribution in [0.5, 0.6) is 5.75 Å². The van der Waals surface area contributed by atoms with Crippen LogP contribution in [0.4, 0.5) is 0 Å². The Bertz CT molecular complexity index is 882. The molecule has 1 N–H and O–H groups in total. The molecule has 0 saturated heterocycles. The predicted octanol–water partition coefficient (Wildman–Crippen LogP) is 4.31. The molecule has 1 fully saturated rings. The summed E-state index contributed by atoms with van der Waals surface area (Å²) in [6.45, 7) is 3.70. The lowest BCUT2D eigenvalue weighted by Gasteiger charge is -2.38. The summed E-state index contributed by atoms with van der Waals surface area (Å²) in [6.07, 6.45) is 2.13. The molecular formula is C18H18O5. The number of rotatable bonds is 3. The first kappa shape index (κ1) is 14.2. The van der Waals surface area contributed by atoms with Gasteiger partial charge in [0.1, 0.15) is 17.1 Å². The molecule has 120 valence electrons. The van der Waals surface area contributed by atoms with Crippen LogP contribution in [0.1, 0.15) is 36.3 Å². The SMILES string of the molecule is COc1c2cc(C)oc2c(C2(C(=O)O)CCC2)c2cc(C)oc12. The van der Waals surface area contributed by atoms with E-state index < -0.39 is 11.4 Å². The van der Waals surface area contributed by atoms with Crippen molar-refractivity contribution in [3.8, 4) is 5.75 Å². The predicted molar refractivity (Wildman–Crippen MR) is 85.2 cm³/mol. The van der Waals surface area contributed by atoms with Crippen LogP contribution in [0.25, 0.3) is 21.9 Å². The van der Waals surface area contributed by atoms with Gasteiger partial charge in [-0.05, 0) is 38.8 Å². The third-order valence-corrected chi connectivity index (χ3v) is 4.96. The van der Waals surface area contributed by atoms with Gasteiger partial charge in [-0.3, -0.25) is 4.79 Å². The van der Waals surface area contributed by atoms with Crippen LogP contribution in [0, 0.1) is 13.8 Å². The van der Waals surface area contributed by atoms with Crippen LogP contribution < -0.4 is 4.74 Å². The van der Waals surface area contributed by atoms with Crippen molar-refractivity contribution >= 4 is 27.9 Å². The lowest BCUT2D eigenvalue weighted by atomic mass is 9.63. The zero-order valence-electron chi connectivity index (χ0n) is 13.4. The summed E-state index contributed by atoms with van der Waals surface area (Å²) in [4.78, 5) is 12.1. The lowest BCUT2D eigenvalue weighted by Crippen LogP contribution is -2.42. The highest BCUT2D eigenvalue weighted by molar-refractivity contribution is 6.08. The van der Waals surface area contributed by atoms with Crippen molar-refractivity contribution in [2.45, 2.75) is 38.5 Å². The summed E-state index contributed by atoms with van der Waals surface area (Å²) in [5.74, 6) is 1.25. The number of hydrogen-bond donors (Lipinski definition) is 1. The van der Waals surface area contributed by atoms with E-state index in [4.69, 9.17) is 13.6 Å². The highest BCUT2D eigenvalue weighted by Gasteiger charge is 2.49. The number of benzene rings is 1. The largest absolute Gasteiger partial charge is 0.492 e. The van der Waals surface area contributed by atoms with Gasteiger partial charge in [-0.25, -0.2) is 0 Å². The molecule has 0 unspecified atom stereocenters. The molecule has 5 nitrogen and oxygen atoms in total. The number of hydrogen-bond acceptors (Lipinski definition) is 4. The minimum Gasteiger partial charge on any atom is -0.492 e. The average Bonchev–Trinajstić information content (AvgIpc) is 2.98. The first-order valence-corrected chi connectivity index (χ1v) is 7.72. The molecule has 1 aliphatic rings. The van der Waals surface area contributed by atoms with Crippen molar-refractivity contribution in [1.29, 1.82) is 0 Å². The maximum absolute atomic E-state index is 12.1. The Morgan fingerprint density at radius 3 is 2.26 bits per heavy atom. The van der Waals surface area contributed by atoms with E-state index in [2.05, 4.69) is 0 Å². The van der Waals surface area contributed by atoms with Gasteiger partial charge in [0, 0.05) is 10.9 Å². The number of aryl methyl sites for hydroxylation is 2. The van der Waals surface area contributed by atoms with Gasteiger partial charge >= 0.3 is 5.97 Å². The molecule has 1 saturated carbocycles. The number of methoxy groups -OCH3 is 1. The molecule has 4 rings (SSSR count). The summed E-state index contributed by atoms with van der Waals surface area (Å²) in [5, 5.41) is 11.4. The van der Waals surface area contributed by atoms with Crippen molar-refractivity contribution in [2.24, 2.45) is 0 Å². The van der Waals surface area contributed by atoms with Gasteiger partial charge in [-0.15, -0.1) is 0 Å². The van der Waals surface area contributed by atoms with E-state index >= 15 is 0 Å². The summed E-state index contributed by atoms with van der Waals surface area (Å²) >= 11 is 0. The molecule has 3 aromatic rings. The molecule has 2 heterocycles. The van der Waals surface area contributed by atoms with Crippen molar-refractivity contribution in [2.75, 3.05) is 7.11 Å². The fraction of sp³-hybridized carbons (Fsp3) is 0.389. The van der Waals surface area contributed by atoms with Crippen LogP contribution in [0.3, 0.4) is 0 Å². The minimum atomic E-state index is -0.899. The average molecular weight is 314 g/mol. The first-order chi connectivity index (χ1) is 11.0. The Balaban J connectivity index is 2.22. The number of carboxylic acids is 1. The van der Waals surface area contributed by atoms with Crippen LogP contribution in [0.15, 0.2) is 21.0 Å². The molecule has 0 aliphatic heterocycles. The minimum absolute atomic E-state index is 0.598. The third kappa shape index (κ3) is 1.70. The maximum Gasteiger partial charge on any atom is 0.314 e. The normalized spacial score (nSPS) is 16.7. The van der Waals surface area contributed by atoms with E-state index in [0.29, 0.717) is 29.8 Å². The van der Waals surface area contributed by atoms with Gasteiger partial charge in [0.15, 0.2) is 11.3 Å². The molecule has 0 spiro atoms.